The van der Waals surface area contributed by atoms with Gasteiger partial charge in [-0.1, -0.05) is 5.21 Å². The fourth-order valence-electron chi connectivity index (χ4n) is 1.87. The molecule has 3 rings (SSSR count). The van der Waals surface area contributed by atoms with Crippen LogP contribution in [0.25, 0.3) is 10.2 Å². The predicted octanol–water partition coefficient (Wildman–Crippen LogP) is 0.199. The summed E-state index contributed by atoms with van der Waals surface area (Å²) in [6, 6.07) is 4.90. The van der Waals surface area contributed by atoms with Crippen LogP contribution in [0.3, 0.4) is 0 Å². The average molecular weight is 369 g/mol. The van der Waals surface area contributed by atoms with Gasteiger partial charge in [-0.05, 0) is 18.2 Å². The van der Waals surface area contributed by atoms with Gasteiger partial charge in [0.05, 0.1) is 16.4 Å². The lowest BCUT2D eigenvalue weighted by atomic mass is 10.3. The monoisotopic (exact) mass is 369 g/mol. The van der Waals surface area contributed by atoms with Crippen molar-refractivity contribution in [3.05, 3.63) is 30.1 Å². The van der Waals surface area contributed by atoms with Crippen molar-refractivity contribution in [3.8, 4) is 5.75 Å². The van der Waals surface area contributed by atoms with Crippen molar-refractivity contribution in [1.82, 2.24) is 20.0 Å². The third-order valence-corrected chi connectivity index (χ3v) is 5.19. The van der Waals surface area contributed by atoms with Gasteiger partial charge in [0.15, 0.2) is 0 Å². The number of aromatic nitrogens is 4. The zero-order chi connectivity index (χ0) is 17.3. The van der Waals surface area contributed by atoms with Crippen molar-refractivity contribution < 1.29 is 23.1 Å². The van der Waals surface area contributed by atoms with Gasteiger partial charge in [-0.2, -0.15) is 0 Å². The molecule has 12 heteroatoms. The van der Waals surface area contributed by atoms with E-state index in [9.17, 15) is 13.2 Å². The Bertz CT molecular complexity index is 1010. The van der Waals surface area contributed by atoms with E-state index >= 15 is 0 Å². The SMILES string of the molecule is NS(=O)(=O)c1nc2ccc(OCc3cn(CC(=O)O)nn3)cc2s1. The van der Waals surface area contributed by atoms with E-state index in [1.807, 2.05) is 0 Å². The molecular formula is C12H11N5O5S2. The standard InChI is InChI=1S/C12H11N5O5S2/c13-24(20,21)12-14-9-2-1-8(3-10(9)23-12)22-6-7-4-17(16-15-7)5-11(18)19/h1-4H,5-6H2,(H,18,19)(H2,13,20,21). The van der Waals surface area contributed by atoms with E-state index < -0.39 is 16.0 Å². The van der Waals surface area contributed by atoms with Crippen molar-refractivity contribution in [2.45, 2.75) is 17.5 Å². The fourth-order valence-corrected chi connectivity index (χ4v) is 3.56. The van der Waals surface area contributed by atoms with Gasteiger partial charge in [0.1, 0.15) is 24.6 Å². The summed E-state index contributed by atoms with van der Waals surface area (Å²) in [5.74, 6) is -0.534. The van der Waals surface area contributed by atoms with E-state index in [0.717, 1.165) is 11.3 Å². The lowest BCUT2D eigenvalue weighted by Gasteiger charge is -2.03. The number of nitrogens with zero attached hydrogens (tertiary/aromatic N) is 4. The Kier molecular flexibility index (Phi) is 4.17. The van der Waals surface area contributed by atoms with E-state index in [-0.39, 0.29) is 17.5 Å². The van der Waals surface area contributed by atoms with Crippen LogP contribution in [0.4, 0.5) is 0 Å². The highest BCUT2D eigenvalue weighted by molar-refractivity contribution is 7.91. The number of hydrogen-bond donors (Lipinski definition) is 2. The highest BCUT2D eigenvalue weighted by atomic mass is 32.2. The topological polar surface area (TPSA) is 150 Å². The van der Waals surface area contributed by atoms with E-state index in [4.69, 9.17) is 15.0 Å². The molecule has 0 unspecified atom stereocenters. The second-order valence-corrected chi connectivity index (χ2v) is 7.51. The second kappa shape index (κ2) is 6.14. The van der Waals surface area contributed by atoms with Crippen LogP contribution in [0.1, 0.15) is 5.69 Å². The Morgan fingerprint density at radius 3 is 2.92 bits per heavy atom. The number of sulfonamides is 1. The van der Waals surface area contributed by atoms with Gasteiger partial charge in [0, 0.05) is 0 Å². The zero-order valence-corrected chi connectivity index (χ0v) is 13.6. The van der Waals surface area contributed by atoms with Gasteiger partial charge in [-0.15, -0.1) is 16.4 Å². The molecular weight excluding hydrogens is 358 g/mol. The minimum atomic E-state index is -3.84. The molecule has 0 bridgehead atoms. The molecule has 2 aromatic heterocycles. The number of thiazole rings is 1. The van der Waals surface area contributed by atoms with E-state index in [1.54, 1.807) is 18.2 Å². The molecule has 3 N–H and O–H groups in total. The van der Waals surface area contributed by atoms with E-state index in [2.05, 4.69) is 15.3 Å². The number of fused-ring (bicyclic) bond motifs is 1. The Balaban J connectivity index is 1.73. The third-order valence-electron chi connectivity index (χ3n) is 2.85. The van der Waals surface area contributed by atoms with Gasteiger partial charge in [0.2, 0.25) is 4.34 Å². The summed E-state index contributed by atoms with van der Waals surface area (Å²) in [5.41, 5.74) is 0.967. The molecule has 0 saturated carbocycles. The summed E-state index contributed by atoms with van der Waals surface area (Å²) in [6.45, 7) is -0.192. The highest BCUT2D eigenvalue weighted by Gasteiger charge is 2.15. The molecule has 126 valence electrons. The number of benzene rings is 1. The quantitative estimate of drug-likeness (QED) is 0.625. The Hall–Kier alpha value is -2.57. The van der Waals surface area contributed by atoms with Crippen LogP contribution in [0.2, 0.25) is 0 Å². The van der Waals surface area contributed by atoms with Gasteiger partial charge in [0.25, 0.3) is 10.0 Å². The first-order valence-electron chi connectivity index (χ1n) is 6.48. The molecule has 0 fully saturated rings. The van der Waals surface area contributed by atoms with Crippen LogP contribution in [0, 0.1) is 0 Å². The number of aliphatic carboxylic acids is 1. The van der Waals surface area contributed by atoms with Crippen LogP contribution in [-0.2, 0) is 28.0 Å². The molecule has 24 heavy (non-hydrogen) atoms. The Labute approximate surface area is 139 Å². The van der Waals surface area contributed by atoms with Crippen molar-refractivity contribution >= 4 is 37.5 Å². The number of carboxylic acid groups (broad SMARTS) is 1. The molecule has 0 spiro atoms. The minimum absolute atomic E-state index is 0.0893. The maximum Gasteiger partial charge on any atom is 0.325 e. The van der Waals surface area contributed by atoms with Gasteiger partial charge >= 0.3 is 5.97 Å². The molecule has 3 aromatic rings. The maximum absolute atomic E-state index is 11.3. The van der Waals surface area contributed by atoms with Crippen molar-refractivity contribution in [1.29, 1.82) is 0 Å². The summed E-state index contributed by atoms with van der Waals surface area (Å²) in [6.07, 6.45) is 1.47. The van der Waals surface area contributed by atoms with Gasteiger partial charge < -0.3 is 9.84 Å². The summed E-state index contributed by atoms with van der Waals surface area (Å²) in [4.78, 5) is 14.5. The summed E-state index contributed by atoms with van der Waals surface area (Å²) < 4.78 is 29.8. The number of nitrogens with two attached hydrogens (primary N) is 1. The molecule has 0 amide bonds. The second-order valence-electron chi connectivity index (χ2n) is 4.74. The summed E-state index contributed by atoms with van der Waals surface area (Å²) >= 11 is 0.950. The molecule has 0 aliphatic rings. The van der Waals surface area contributed by atoms with Crippen LogP contribution in [-0.4, -0.2) is 39.5 Å². The van der Waals surface area contributed by atoms with Crippen molar-refractivity contribution in [2.75, 3.05) is 0 Å². The first-order chi connectivity index (χ1) is 11.3. The van der Waals surface area contributed by atoms with Crippen LogP contribution < -0.4 is 9.88 Å². The lowest BCUT2D eigenvalue weighted by molar-refractivity contribution is -0.137. The van der Waals surface area contributed by atoms with Crippen LogP contribution in [0.5, 0.6) is 5.75 Å². The Morgan fingerprint density at radius 1 is 1.42 bits per heavy atom. The van der Waals surface area contributed by atoms with Crippen LogP contribution >= 0.6 is 11.3 Å². The molecule has 0 radical (unpaired) electrons. The number of primary sulfonamides is 1. The molecule has 0 saturated heterocycles. The number of carbonyl (C=O) groups is 1. The molecule has 0 atom stereocenters. The molecule has 10 nitrogen and oxygen atoms in total. The average Bonchev–Trinajstić information content (AvgIpc) is 3.09. The number of ether oxygens (including phenoxy) is 1. The molecule has 0 aliphatic carbocycles. The normalized spacial score (nSPS) is 11.7. The predicted molar refractivity (Wildman–Crippen MR) is 83.0 cm³/mol. The molecule has 0 aliphatic heterocycles. The first-order valence-corrected chi connectivity index (χ1v) is 8.84. The lowest BCUT2D eigenvalue weighted by Crippen LogP contribution is -2.11. The largest absolute Gasteiger partial charge is 0.487 e. The van der Waals surface area contributed by atoms with Crippen LogP contribution in [0.15, 0.2) is 28.7 Å². The van der Waals surface area contributed by atoms with E-state index in [0.29, 0.717) is 21.7 Å². The maximum atomic E-state index is 11.3. The van der Waals surface area contributed by atoms with Crippen molar-refractivity contribution in [3.63, 3.8) is 0 Å². The molecule has 2 heterocycles. The number of hydrogen-bond acceptors (Lipinski definition) is 8. The minimum Gasteiger partial charge on any atom is -0.487 e. The number of rotatable bonds is 6. The Morgan fingerprint density at radius 2 is 2.21 bits per heavy atom. The van der Waals surface area contributed by atoms with Gasteiger partial charge in [-0.25, -0.2) is 23.2 Å². The fraction of sp³-hybridized carbons (Fsp3) is 0.167. The summed E-state index contributed by atoms with van der Waals surface area (Å²) in [5, 5.41) is 21.2. The molecule has 1 aromatic carbocycles. The van der Waals surface area contributed by atoms with Crippen molar-refractivity contribution in [2.24, 2.45) is 5.14 Å². The zero-order valence-electron chi connectivity index (χ0n) is 12.0. The summed E-state index contributed by atoms with van der Waals surface area (Å²) in [7, 11) is -3.84. The third kappa shape index (κ3) is 3.67. The highest BCUT2D eigenvalue weighted by Crippen LogP contribution is 2.28. The number of carboxylic acids is 1. The van der Waals surface area contributed by atoms with Gasteiger partial charge in [-0.3, -0.25) is 4.79 Å². The van der Waals surface area contributed by atoms with E-state index in [1.165, 1.54) is 10.9 Å². The first kappa shape index (κ1) is 16.3. The smallest absolute Gasteiger partial charge is 0.325 e.